The van der Waals surface area contributed by atoms with Gasteiger partial charge in [-0.15, -0.1) is 22.7 Å². The molecule has 5 heteroatoms. The SMILES string of the molecule is Oc1ccccc1-c1nc(-c2cncs2)cs1. The van der Waals surface area contributed by atoms with Crippen molar-refractivity contribution in [2.45, 2.75) is 0 Å². The molecule has 3 rings (SSSR count). The van der Waals surface area contributed by atoms with E-state index in [2.05, 4.69) is 9.97 Å². The van der Waals surface area contributed by atoms with Crippen molar-refractivity contribution in [1.82, 2.24) is 9.97 Å². The van der Waals surface area contributed by atoms with E-state index in [1.54, 1.807) is 35.2 Å². The van der Waals surface area contributed by atoms with Gasteiger partial charge in [0.25, 0.3) is 0 Å². The van der Waals surface area contributed by atoms with E-state index in [1.807, 2.05) is 17.5 Å². The Morgan fingerprint density at radius 1 is 1.12 bits per heavy atom. The Kier molecular flexibility index (Phi) is 2.62. The molecule has 0 atom stereocenters. The number of hydrogen-bond acceptors (Lipinski definition) is 5. The minimum atomic E-state index is 0.262. The first-order valence-electron chi connectivity index (χ1n) is 4.97. The van der Waals surface area contributed by atoms with E-state index >= 15 is 0 Å². The highest BCUT2D eigenvalue weighted by atomic mass is 32.1. The first kappa shape index (κ1) is 10.4. The summed E-state index contributed by atoms with van der Waals surface area (Å²) in [6.07, 6.45) is 1.80. The molecule has 3 aromatic rings. The number of para-hydroxylation sites is 1. The Hall–Kier alpha value is -1.72. The molecule has 0 aliphatic heterocycles. The van der Waals surface area contributed by atoms with Crippen molar-refractivity contribution in [3.05, 3.63) is 41.4 Å². The predicted octanol–water partition coefficient (Wildman–Crippen LogP) is 3.64. The molecule has 2 aromatic heterocycles. The van der Waals surface area contributed by atoms with Crippen LogP contribution in [0.25, 0.3) is 21.1 Å². The molecule has 0 aliphatic carbocycles. The van der Waals surface area contributed by atoms with Crippen LogP contribution >= 0.6 is 22.7 Å². The van der Waals surface area contributed by atoms with E-state index in [9.17, 15) is 5.11 Å². The zero-order chi connectivity index (χ0) is 11.7. The standard InChI is InChI=1S/C12H8N2OS2/c15-10-4-2-1-3-8(10)12-14-9(6-16-12)11-5-13-7-17-11/h1-7,15H. The molecule has 2 heterocycles. The summed E-state index contributed by atoms with van der Waals surface area (Å²) in [5, 5.41) is 12.6. The number of benzene rings is 1. The molecule has 17 heavy (non-hydrogen) atoms. The first-order chi connectivity index (χ1) is 8.34. The minimum absolute atomic E-state index is 0.262. The smallest absolute Gasteiger partial charge is 0.127 e. The summed E-state index contributed by atoms with van der Waals surface area (Å²) in [5.74, 6) is 0.262. The number of phenolic OH excluding ortho intramolecular Hbond substituents is 1. The van der Waals surface area contributed by atoms with Crippen LogP contribution in [0, 0.1) is 0 Å². The zero-order valence-electron chi connectivity index (χ0n) is 8.70. The fourth-order valence-electron chi connectivity index (χ4n) is 1.51. The summed E-state index contributed by atoms with van der Waals surface area (Å²) in [7, 11) is 0. The number of aromatic nitrogens is 2. The fourth-order valence-corrected chi connectivity index (χ4v) is 3.02. The number of phenols is 1. The Morgan fingerprint density at radius 3 is 2.76 bits per heavy atom. The normalized spacial score (nSPS) is 10.6. The lowest BCUT2D eigenvalue weighted by Gasteiger charge is -1.98. The van der Waals surface area contributed by atoms with Crippen molar-refractivity contribution in [3.63, 3.8) is 0 Å². The molecular formula is C12H8N2OS2. The van der Waals surface area contributed by atoms with E-state index < -0.39 is 0 Å². The van der Waals surface area contributed by atoms with Gasteiger partial charge in [0.15, 0.2) is 0 Å². The van der Waals surface area contributed by atoms with E-state index in [1.165, 1.54) is 11.3 Å². The molecule has 1 N–H and O–H groups in total. The van der Waals surface area contributed by atoms with Crippen molar-refractivity contribution >= 4 is 22.7 Å². The van der Waals surface area contributed by atoms with Crippen LogP contribution in [0.5, 0.6) is 5.75 Å². The zero-order valence-corrected chi connectivity index (χ0v) is 10.3. The van der Waals surface area contributed by atoms with Gasteiger partial charge in [0.1, 0.15) is 10.8 Å². The third kappa shape index (κ3) is 1.94. The molecule has 0 saturated carbocycles. The summed E-state index contributed by atoms with van der Waals surface area (Å²) in [5.41, 5.74) is 3.47. The molecule has 0 spiro atoms. The molecule has 3 nitrogen and oxygen atoms in total. The van der Waals surface area contributed by atoms with Crippen LogP contribution in [0.2, 0.25) is 0 Å². The number of thiazole rings is 2. The van der Waals surface area contributed by atoms with Crippen molar-refractivity contribution in [1.29, 1.82) is 0 Å². The van der Waals surface area contributed by atoms with E-state index in [-0.39, 0.29) is 5.75 Å². The van der Waals surface area contributed by atoms with Crippen molar-refractivity contribution in [3.8, 4) is 26.9 Å². The highest BCUT2D eigenvalue weighted by Crippen LogP contribution is 2.34. The second-order valence-corrected chi connectivity index (χ2v) is 5.17. The molecule has 0 aliphatic rings. The largest absolute Gasteiger partial charge is 0.507 e. The number of nitrogens with zero attached hydrogens (tertiary/aromatic N) is 2. The average molecular weight is 260 g/mol. The summed E-state index contributed by atoms with van der Waals surface area (Å²) in [4.78, 5) is 9.59. The van der Waals surface area contributed by atoms with E-state index in [0.717, 1.165) is 21.1 Å². The monoisotopic (exact) mass is 260 g/mol. The Labute approximate surface area is 106 Å². The summed E-state index contributed by atoms with van der Waals surface area (Å²) in [6, 6.07) is 7.23. The lowest BCUT2D eigenvalue weighted by molar-refractivity contribution is 0.477. The number of rotatable bonds is 2. The topological polar surface area (TPSA) is 46.0 Å². The number of hydrogen-bond donors (Lipinski definition) is 1. The van der Waals surface area contributed by atoms with Gasteiger partial charge in [-0.2, -0.15) is 0 Å². The first-order valence-corrected chi connectivity index (χ1v) is 6.73. The second kappa shape index (κ2) is 4.27. The maximum absolute atomic E-state index is 9.76. The Balaban J connectivity index is 2.04. The number of aromatic hydroxyl groups is 1. The molecular weight excluding hydrogens is 252 g/mol. The Bertz CT molecular complexity index is 632. The molecule has 0 saturated heterocycles. The Morgan fingerprint density at radius 2 is 2.00 bits per heavy atom. The third-order valence-corrected chi connectivity index (χ3v) is 3.99. The van der Waals surface area contributed by atoms with Gasteiger partial charge in [-0.1, -0.05) is 12.1 Å². The molecule has 0 amide bonds. The van der Waals surface area contributed by atoms with Gasteiger partial charge >= 0.3 is 0 Å². The lowest BCUT2D eigenvalue weighted by Crippen LogP contribution is -1.78. The van der Waals surface area contributed by atoms with Crippen molar-refractivity contribution in [2.24, 2.45) is 0 Å². The van der Waals surface area contributed by atoms with Gasteiger partial charge in [0.2, 0.25) is 0 Å². The predicted molar refractivity (Wildman–Crippen MR) is 70.3 cm³/mol. The maximum Gasteiger partial charge on any atom is 0.127 e. The molecule has 0 radical (unpaired) electrons. The summed E-state index contributed by atoms with van der Waals surface area (Å²) >= 11 is 3.08. The highest BCUT2D eigenvalue weighted by molar-refractivity contribution is 7.15. The fraction of sp³-hybridized carbons (Fsp3) is 0. The van der Waals surface area contributed by atoms with Crippen molar-refractivity contribution in [2.75, 3.05) is 0 Å². The summed E-state index contributed by atoms with van der Waals surface area (Å²) < 4.78 is 0. The van der Waals surface area contributed by atoms with Gasteiger partial charge in [-0.25, -0.2) is 4.98 Å². The molecule has 1 aromatic carbocycles. The van der Waals surface area contributed by atoms with Gasteiger partial charge in [-0.05, 0) is 12.1 Å². The molecule has 0 bridgehead atoms. The van der Waals surface area contributed by atoms with E-state index in [0.29, 0.717) is 0 Å². The average Bonchev–Trinajstić information content (AvgIpc) is 3.00. The third-order valence-electron chi connectivity index (χ3n) is 2.32. The molecule has 0 fully saturated rings. The summed E-state index contributed by atoms with van der Waals surface area (Å²) in [6.45, 7) is 0. The van der Waals surface area contributed by atoms with Gasteiger partial charge < -0.3 is 5.11 Å². The van der Waals surface area contributed by atoms with Gasteiger partial charge in [-0.3, -0.25) is 4.98 Å². The lowest BCUT2D eigenvalue weighted by atomic mass is 10.2. The van der Waals surface area contributed by atoms with E-state index in [4.69, 9.17) is 0 Å². The van der Waals surface area contributed by atoms with Gasteiger partial charge in [0.05, 0.1) is 21.6 Å². The second-order valence-electron chi connectivity index (χ2n) is 3.42. The van der Waals surface area contributed by atoms with Crippen molar-refractivity contribution < 1.29 is 5.11 Å². The quantitative estimate of drug-likeness (QED) is 0.765. The van der Waals surface area contributed by atoms with Crippen LogP contribution in [0.4, 0.5) is 0 Å². The van der Waals surface area contributed by atoms with Crippen LogP contribution in [-0.2, 0) is 0 Å². The highest BCUT2D eigenvalue weighted by Gasteiger charge is 2.10. The molecule has 0 unspecified atom stereocenters. The minimum Gasteiger partial charge on any atom is -0.507 e. The van der Waals surface area contributed by atoms with Crippen LogP contribution in [0.1, 0.15) is 0 Å². The van der Waals surface area contributed by atoms with Gasteiger partial charge in [0, 0.05) is 11.6 Å². The van der Waals surface area contributed by atoms with Crippen LogP contribution < -0.4 is 0 Å². The van der Waals surface area contributed by atoms with Crippen LogP contribution in [0.15, 0.2) is 41.4 Å². The maximum atomic E-state index is 9.76. The van der Waals surface area contributed by atoms with Crippen LogP contribution in [-0.4, -0.2) is 15.1 Å². The van der Waals surface area contributed by atoms with Crippen LogP contribution in [0.3, 0.4) is 0 Å². The molecule has 84 valence electrons.